The Kier molecular flexibility index (Phi) is 3.76. The molecule has 0 aromatic carbocycles. The van der Waals surface area contributed by atoms with Gasteiger partial charge in [-0.25, -0.2) is 0 Å². The predicted molar refractivity (Wildman–Crippen MR) is 94.2 cm³/mol. The molecule has 0 amide bonds. The van der Waals surface area contributed by atoms with E-state index < -0.39 is 0 Å². The Labute approximate surface area is 147 Å². The summed E-state index contributed by atoms with van der Waals surface area (Å²) in [5.41, 5.74) is 0. The fraction of sp³-hybridized carbons (Fsp3) is 0.955. The van der Waals surface area contributed by atoms with E-state index in [4.69, 9.17) is 4.74 Å². The summed E-state index contributed by atoms with van der Waals surface area (Å²) in [5, 5.41) is 0. The second kappa shape index (κ2) is 5.74. The van der Waals surface area contributed by atoms with Crippen LogP contribution < -0.4 is 0 Å². The SMILES string of the molecule is CCC1CC(CC)C2C3CC(CC3C(=O)OC3CC4CCC3C4)C12. The highest BCUT2D eigenvalue weighted by molar-refractivity contribution is 5.74. The third-order valence-electron chi connectivity index (χ3n) is 9.12. The molecule has 0 aliphatic heterocycles. The van der Waals surface area contributed by atoms with Crippen LogP contribution in [-0.2, 0) is 9.53 Å². The molecule has 0 radical (unpaired) electrons. The van der Waals surface area contributed by atoms with Crippen molar-refractivity contribution < 1.29 is 9.53 Å². The molecule has 2 heteroatoms. The van der Waals surface area contributed by atoms with Crippen molar-refractivity contribution in [3.8, 4) is 0 Å². The summed E-state index contributed by atoms with van der Waals surface area (Å²) in [6.45, 7) is 4.75. The first-order chi connectivity index (χ1) is 11.7. The Bertz CT molecular complexity index is 514. The first-order valence-corrected chi connectivity index (χ1v) is 10.9. The third-order valence-corrected chi connectivity index (χ3v) is 9.12. The van der Waals surface area contributed by atoms with Crippen LogP contribution in [0, 0.1) is 53.3 Å². The molecule has 134 valence electrons. The summed E-state index contributed by atoms with van der Waals surface area (Å²) >= 11 is 0. The van der Waals surface area contributed by atoms with E-state index in [1.165, 1.54) is 51.4 Å². The van der Waals surface area contributed by atoms with Gasteiger partial charge in [0.15, 0.2) is 0 Å². The van der Waals surface area contributed by atoms with E-state index in [9.17, 15) is 4.79 Å². The van der Waals surface area contributed by atoms with Crippen LogP contribution in [-0.4, -0.2) is 12.1 Å². The summed E-state index contributed by atoms with van der Waals surface area (Å²) in [6.07, 6.45) is 12.0. The first kappa shape index (κ1) is 15.7. The van der Waals surface area contributed by atoms with Crippen LogP contribution >= 0.6 is 0 Å². The maximum atomic E-state index is 13.0. The number of hydrogen-bond donors (Lipinski definition) is 0. The monoisotopic (exact) mass is 330 g/mol. The number of rotatable bonds is 4. The Morgan fingerprint density at radius 3 is 2.33 bits per heavy atom. The van der Waals surface area contributed by atoms with E-state index in [1.807, 2.05) is 0 Å². The van der Waals surface area contributed by atoms with Crippen LogP contribution in [0.3, 0.4) is 0 Å². The largest absolute Gasteiger partial charge is 0.462 e. The minimum Gasteiger partial charge on any atom is -0.462 e. The van der Waals surface area contributed by atoms with Crippen molar-refractivity contribution in [3.05, 3.63) is 0 Å². The number of hydrogen-bond acceptors (Lipinski definition) is 2. The minimum absolute atomic E-state index is 0.202. The molecule has 0 N–H and O–H groups in total. The van der Waals surface area contributed by atoms with Gasteiger partial charge in [0, 0.05) is 0 Å². The van der Waals surface area contributed by atoms with E-state index in [-0.39, 0.29) is 18.0 Å². The molecule has 2 nitrogen and oxygen atoms in total. The molecule has 10 atom stereocenters. The smallest absolute Gasteiger partial charge is 0.309 e. The Hall–Kier alpha value is -0.530. The van der Waals surface area contributed by atoms with E-state index in [2.05, 4.69) is 13.8 Å². The molecule has 5 saturated carbocycles. The lowest BCUT2D eigenvalue weighted by Gasteiger charge is -2.35. The lowest BCUT2D eigenvalue weighted by atomic mass is 9.70. The average Bonchev–Trinajstić information content (AvgIpc) is 3.36. The zero-order chi connectivity index (χ0) is 16.4. The van der Waals surface area contributed by atoms with E-state index in [1.54, 1.807) is 0 Å². The zero-order valence-corrected chi connectivity index (χ0v) is 15.5. The van der Waals surface area contributed by atoms with Gasteiger partial charge < -0.3 is 4.74 Å². The van der Waals surface area contributed by atoms with E-state index >= 15 is 0 Å². The first-order valence-electron chi connectivity index (χ1n) is 10.9. The van der Waals surface area contributed by atoms with Crippen LogP contribution in [0.2, 0.25) is 0 Å². The maximum Gasteiger partial charge on any atom is 0.309 e. The molecule has 5 aliphatic rings. The van der Waals surface area contributed by atoms with Gasteiger partial charge in [-0.2, -0.15) is 0 Å². The molecule has 4 bridgehead atoms. The van der Waals surface area contributed by atoms with Gasteiger partial charge in [0.25, 0.3) is 0 Å². The average molecular weight is 331 g/mol. The molecule has 0 aromatic heterocycles. The molecule has 0 aromatic rings. The van der Waals surface area contributed by atoms with Gasteiger partial charge in [0.05, 0.1) is 5.92 Å². The lowest BCUT2D eigenvalue weighted by molar-refractivity contribution is -0.160. The van der Waals surface area contributed by atoms with Gasteiger partial charge >= 0.3 is 5.97 Å². The molecule has 5 aliphatic carbocycles. The van der Waals surface area contributed by atoms with E-state index in [0.717, 1.165) is 41.9 Å². The van der Waals surface area contributed by atoms with Crippen molar-refractivity contribution in [3.63, 3.8) is 0 Å². The topological polar surface area (TPSA) is 26.3 Å². The zero-order valence-electron chi connectivity index (χ0n) is 15.5. The molecular formula is C22H34O2. The van der Waals surface area contributed by atoms with Crippen molar-refractivity contribution in [2.75, 3.05) is 0 Å². The number of esters is 1. The summed E-state index contributed by atoms with van der Waals surface area (Å²) in [6, 6.07) is 0. The summed E-state index contributed by atoms with van der Waals surface area (Å²) < 4.78 is 6.11. The molecule has 0 heterocycles. The number of ether oxygens (including phenoxy) is 1. The van der Waals surface area contributed by atoms with Gasteiger partial charge in [-0.3, -0.25) is 4.79 Å². The second-order valence-corrected chi connectivity index (χ2v) is 9.88. The van der Waals surface area contributed by atoms with E-state index in [0.29, 0.717) is 11.8 Å². The summed E-state index contributed by atoms with van der Waals surface area (Å²) in [5.74, 6) is 7.12. The van der Waals surface area contributed by atoms with Crippen LogP contribution in [0.25, 0.3) is 0 Å². The minimum atomic E-state index is 0.202. The normalized spacial score (nSPS) is 54.4. The van der Waals surface area contributed by atoms with Crippen molar-refractivity contribution in [1.82, 2.24) is 0 Å². The third kappa shape index (κ3) is 2.16. The van der Waals surface area contributed by atoms with Gasteiger partial charge in [-0.15, -0.1) is 0 Å². The standard InChI is InChI=1S/C22H34O2/c1-3-13-9-14(4-2)21-17-10-16(20(13)21)11-18(17)22(23)24-19-8-12-5-6-15(19)7-12/h12-21H,3-11H2,1-2H3. The number of fused-ring (bicyclic) bond motifs is 7. The summed E-state index contributed by atoms with van der Waals surface area (Å²) in [7, 11) is 0. The van der Waals surface area contributed by atoms with Crippen LogP contribution in [0.4, 0.5) is 0 Å². The second-order valence-electron chi connectivity index (χ2n) is 9.88. The van der Waals surface area contributed by atoms with Gasteiger partial charge in [-0.1, -0.05) is 26.7 Å². The van der Waals surface area contributed by atoms with Crippen LogP contribution in [0.1, 0.15) is 71.6 Å². The molecule has 0 spiro atoms. The Morgan fingerprint density at radius 1 is 0.875 bits per heavy atom. The highest BCUT2D eigenvalue weighted by atomic mass is 16.5. The fourth-order valence-corrected chi connectivity index (χ4v) is 8.23. The lowest BCUT2D eigenvalue weighted by Crippen LogP contribution is -2.36. The number of carbonyl (C=O) groups excluding carboxylic acids is 1. The van der Waals surface area contributed by atoms with Crippen LogP contribution in [0.15, 0.2) is 0 Å². The molecule has 5 rings (SSSR count). The summed E-state index contributed by atoms with van der Waals surface area (Å²) in [4.78, 5) is 13.0. The maximum absolute atomic E-state index is 13.0. The predicted octanol–water partition coefficient (Wildman–Crippen LogP) is 5.06. The van der Waals surface area contributed by atoms with Crippen LogP contribution in [0.5, 0.6) is 0 Å². The van der Waals surface area contributed by atoms with Crippen molar-refractivity contribution >= 4 is 5.97 Å². The van der Waals surface area contributed by atoms with Crippen molar-refractivity contribution in [1.29, 1.82) is 0 Å². The van der Waals surface area contributed by atoms with Crippen molar-refractivity contribution in [2.24, 2.45) is 53.3 Å². The van der Waals surface area contributed by atoms with Crippen molar-refractivity contribution in [2.45, 2.75) is 77.7 Å². The van der Waals surface area contributed by atoms with Gasteiger partial charge in [-0.05, 0) is 92.3 Å². The molecule has 0 saturated heterocycles. The molecule has 5 fully saturated rings. The molecule has 24 heavy (non-hydrogen) atoms. The quantitative estimate of drug-likeness (QED) is 0.673. The highest BCUT2D eigenvalue weighted by Gasteiger charge is 2.61. The van der Waals surface area contributed by atoms with Gasteiger partial charge in [0.2, 0.25) is 0 Å². The fourth-order valence-electron chi connectivity index (χ4n) is 8.23. The highest BCUT2D eigenvalue weighted by Crippen LogP contribution is 2.65. The van der Waals surface area contributed by atoms with Gasteiger partial charge in [0.1, 0.15) is 6.10 Å². The molecular weight excluding hydrogens is 296 g/mol. The Morgan fingerprint density at radius 2 is 1.67 bits per heavy atom. The Balaban J connectivity index is 1.28. The number of carbonyl (C=O) groups is 1. The molecule has 10 unspecified atom stereocenters.